The van der Waals surface area contributed by atoms with E-state index in [-0.39, 0.29) is 0 Å². The Balaban J connectivity index is 2.85. The SMILES string of the molecule is CCCCCCOCCNCC(C)C. The highest BCUT2D eigenvalue weighted by molar-refractivity contribution is 4.50. The summed E-state index contributed by atoms with van der Waals surface area (Å²) in [5.74, 6) is 0.736. The summed E-state index contributed by atoms with van der Waals surface area (Å²) < 4.78 is 5.50. The van der Waals surface area contributed by atoms with Crippen LogP contribution in [0.15, 0.2) is 0 Å². The lowest BCUT2D eigenvalue weighted by Gasteiger charge is -2.07. The number of unbranched alkanes of at least 4 members (excludes halogenated alkanes) is 3. The second-order valence-corrected chi connectivity index (χ2v) is 4.27. The molecule has 0 radical (unpaired) electrons. The molecule has 0 saturated carbocycles. The molecule has 0 heterocycles. The van der Waals surface area contributed by atoms with E-state index in [0.29, 0.717) is 0 Å². The van der Waals surface area contributed by atoms with Crippen molar-refractivity contribution in [2.24, 2.45) is 5.92 Å². The number of hydrogen-bond donors (Lipinski definition) is 1. The van der Waals surface area contributed by atoms with Gasteiger partial charge in [0, 0.05) is 13.2 Å². The summed E-state index contributed by atoms with van der Waals surface area (Å²) in [6.45, 7) is 10.6. The largest absolute Gasteiger partial charge is 0.380 e. The molecular weight excluding hydrogens is 174 g/mol. The molecule has 0 aliphatic rings. The first kappa shape index (κ1) is 13.9. The molecule has 0 aromatic heterocycles. The molecule has 14 heavy (non-hydrogen) atoms. The first-order valence-electron chi connectivity index (χ1n) is 6.05. The van der Waals surface area contributed by atoms with Crippen molar-refractivity contribution in [3.8, 4) is 0 Å². The van der Waals surface area contributed by atoms with Crippen molar-refractivity contribution in [3.05, 3.63) is 0 Å². The Hall–Kier alpha value is -0.0800. The predicted molar refractivity (Wildman–Crippen MR) is 62.7 cm³/mol. The van der Waals surface area contributed by atoms with E-state index in [9.17, 15) is 0 Å². The highest BCUT2D eigenvalue weighted by atomic mass is 16.5. The van der Waals surface area contributed by atoms with Gasteiger partial charge in [-0.25, -0.2) is 0 Å². The van der Waals surface area contributed by atoms with Crippen molar-refractivity contribution in [2.45, 2.75) is 46.5 Å². The van der Waals surface area contributed by atoms with Crippen molar-refractivity contribution < 1.29 is 4.74 Å². The van der Waals surface area contributed by atoms with E-state index in [1.165, 1.54) is 25.7 Å². The standard InChI is InChI=1S/C12H27NO/c1-4-5-6-7-9-14-10-8-13-11-12(2)3/h12-13H,4-11H2,1-3H3. The third-order valence-corrected chi connectivity index (χ3v) is 2.12. The average molecular weight is 201 g/mol. The lowest BCUT2D eigenvalue weighted by Crippen LogP contribution is -2.24. The van der Waals surface area contributed by atoms with Gasteiger partial charge < -0.3 is 10.1 Å². The molecule has 0 bridgehead atoms. The number of nitrogens with one attached hydrogen (secondary N) is 1. The lowest BCUT2D eigenvalue weighted by molar-refractivity contribution is 0.131. The van der Waals surface area contributed by atoms with E-state index in [1.807, 2.05) is 0 Å². The highest BCUT2D eigenvalue weighted by Crippen LogP contribution is 1.98. The molecule has 0 fully saturated rings. The van der Waals surface area contributed by atoms with Crippen LogP contribution in [0.4, 0.5) is 0 Å². The fourth-order valence-electron chi connectivity index (χ4n) is 1.27. The minimum absolute atomic E-state index is 0.736. The van der Waals surface area contributed by atoms with Gasteiger partial charge in [0.05, 0.1) is 6.61 Å². The lowest BCUT2D eigenvalue weighted by atomic mass is 10.2. The van der Waals surface area contributed by atoms with Gasteiger partial charge >= 0.3 is 0 Å². The van der Waals surface area contributed by atoms with Gasteiger partial charge in [0.15, 0.2) is 0 Å². The fraction of sp³-hybridized carbons (Fsp3) is 1.00. The van der Waals surface area contributed by atoms with Crippen molar-refractivity contribution in [1.82, 2.24) is 5.32 Å². The van der Waals surface area contributed by atoms with Crippen LogP contribution in [0.3, 0.4) is 0 Å². The van der Waals surface area contributed by atoms with Gasteiger partial charge in [-0.05, 0) is 18.9 Å². The third-order valence-electron chi connectivity index (χ3n) is 2.12. The van der Waals surface area contributed by atoms with Crippen LogP contribution in [0.2, 0.25) is 0 Å². The third kappa shape index (κ3) is 11.9. The van der Waals surface area contributed by atoms with E-state index >= 15 is 0 Å². The molecule has 0 atom stereocenters. The summed E-state index contributed by atoms with van der Waals surface area (Å²) in [7, 11) is 0. The molecule has 0 saturated heterocycles. The number of ether oxygens (including phenoxy) is 1. The molecule has 0 unspecified atom stereocenters. The topological polar surface area (TPSA) is 21.3 Å². The van der Waals surface area contributed by atoms with Gasteiger partial charge in [0.2, 0.25) is 0 Å². The van der Waals surface area contributed by atoms with Crippen molar-refractivity contribution >= 4 is 0 Å². The molecule has 0 amide bonds. The zero-order chi connectivity index (χ0) is 10.6. The normalized spacial score (nSPS) is 11.1. The van der Waals surface area contributed by atoms with Gasteiger partial charge in [0.1, 0.15) is 0 Å². The van der Waals surface area contributed by atoms with Gasteiger partial charge in [0.25, 0.3) is 0 Å². The van der Waals surface area contributed by atoms with Crippen LogP contribution < -0.4 is 5.32 Å². The van der Waals surface area contributed by atoms with Crippen molar-refractivity contribution in [2.75, 3.05) is 26.3 Å². The predicted octanol–water partition coefficient (Wildman–Crippen LogP) is 2.83. The molecule has 0 aliphatic carbocycles. The summed E-state index contributed by atoms with van der Waals surface area (Å²) in [6.07, 6.45) is 5.18. The highest BCUT2D eigenvalue weighted by Gasteiger charge is 1.92. The van der Waals surface area contributed by atoms with Crippen molar-refractivity contribution in [3.63, 3.8) is 0 Å². The van der Waals surface area contributed by atoms with E-state index in [1.54, 1.807) is 0 Å². The first-order chi connectivity index (χ1) is 6.77. The van der Waals surface area contributed by atoms with Gasteiger partial charge in [-0.3, -0.25) is 0 Å². The Morgan fingerprint density at radius 1 is 1.07 bits per heavy atom. The van der Waals surface area contributed by atoms with Crippen molar-refractivity contribution in [1.29, 1.82) is 0 Å². The van der Waals surface area contributed by atoms with Crippen LogP contribution in [0.5, 0.6) is 0 Å². The minimum Gasteiger partial charge on any atom is -0.380 e. The Labute approximate surface area is 89.4 Å². The Morgan fingerprint density at radius 2 is 1.86 bits per heavy atom. The van der Waals surface area contributed by atoms with Crippen LogP contribution in [0.1, 0.15) is 46.5 Å². The van der Waals surface area contributed by atoms with Crippen LogP contribution in [0, 0.1) is 5.92 Å². The van der Waals surface area contributed by atoms with Crippen LogP contribution in [0.25, 0.3) is 0 Å². The summed E-state index contributed by atoms with van der Waals surface area (Å²) in [5.41, 5.74) is 0. The maximum Gasteiger partial charge on any atom is 0.0590 e. The van der Waals surface area contributed by atoms with E-state index in [2.05, 4.69) is 26.1 Å². The zero-order valence-electron chi connectivity index (χ0n) is 10.1. The monoisotopic (exact) mass is 201 g/mol. The molecule has 2 nitrogen and oxygen atoms in total. The molecule has 0 aromatic carbocycles. The quantitative estimate of drug-likeness (QED) is 0.549. The summed E-state index contributed by atoms with van der Waals surface area (Å²) >= 11 is 0. The Bertz CT molecular complexity index is 104. The second-order valence-electron chi connectivity index (χ2n) is 4.27. The maximum absolute atomic E-state index is 5.50. The maximum atomic E-state index is 5.50. The molecule has 1 N–H and O–H groups in total. The summed E-state index contributed by atoms with van der Waals surface area (Å²) in [6, 6.07) is 0. The molecule has 0 aliphatic heterocycles. The Morgan fingerprint density at radius 3 is 2.50 bits per heavy atom. The first-order valence-corrected chi connectivity index (χ1v) is 6.05. The van der Waals surface area contributed by atoms with E-state index in [0.717, 1.165) is 32.2 Å². The molecule has 86 valence electrons. The zero-order valence-corrected chi connectivity index (χ0v) is 10.1. The van der Waals surface area contributed by atoms with Gasteiger partial charge in [-0.2, -0.15) is 0 Å². The fourth-order valence-corrected chi connectivity index (χ4v) is 1.27. The summed E-state index contributed by atoms with van der Waals surface area (Å²) in [4.78, 5) is 0. The Kier molecular flexibility index (Phi) is 10.9. The van der Waals surface area contributed by atoms with E-state index < -0.39 is 0 Å². The smallest absolute Gasteiger partial charge is 0.0590 e. The summed E-state index contributed by atoms with van der Waals surface area (Å²) in [5, 5.41) is 3.36. The average Bonchev–Trinajstić information content (AvgIpc) is 2.15. The van der Waals surface area contributed by atoms with Crippen LogP contribution in [-0.2, 0) is 4.74 Å². The molecule has 0 spiro atoms. The molecule has 2 heteroatoms. The van der Waals surface area contributed by atoms with Crippen LogP contribution in [-0.4, -0.2) is 26.3 Å². The second kappa shape index (κ2) is 11.0. The molecular formula is C12H27NO. The van der Waals surface area contributed by atoms with E-state index in [4.69, 9.17) is 4.74 Å². The number of hydrogen-bond acceptors (Lipinski definition) is 2. The number of rotatable bonds is 10. The minimum atomic E-state index is 0.736. The van der Waals surface area contributed by atoms with Gasteiger partial charge in [-0.1, -0.05) is 40.0 Å². The van der Waals surface area contributed by atoms with Gasteiger partial charge in [-0.15, -0.1) is 0 Å². The van der Waals surface area contributed by atoms with Crippen LogP contribution >= 0.6 is 0 Å². The molecule has 0 rings (SSSR count). The molecule has 0 aromatic rings.